The Balaban J connectivity index is 2.25. The molecule has 2 aromatic rings. The molecule has 0 spiro atoms. The van der Waals surface area contributed by atoms with Gasteiger partial charge in [0.15, 0.2) is 5.13 Å². The number of nitrogens with zero attached hydrogens (tertiary/aromatic N) is 1. The summed E-state index contributed by atoms with van der Waals surface area (Å²) in [6.07, 6.45) is 0.444. The Morgan fingerprint density at radius 1 is 1.44 bits per heavy atom. The van der Waals surface area contributed by atoms with Crippen LogP contribution < -0.4 is 10.5 Å². The molecule has 2 rings (SSSR count). The number of aromatic nitrogens is 1. The van der Waals surface area contributed by atoms with Gasteiger partial charge in [0, 0.05) is 6.42 Å². The number of thiazole rings is 1. The Hall–Kier alpha value is -2.08. The van der Waals surface area contributed by atoms with E-state index in [1.807, 2.05) is 24.3 Å². The number of carboxylic acids is 1. The second-order valence-electron chi connectivity index (χ2n) is 3.66. The molecule has 0 saturated carbocycles. The highest BCUT2D eigenvalue weighted by atomic mass is 32.1. The summed E-state index contributed by atoms with van der Waals surface area (Å²) in [7, 11) is 1.60. The molecule has 0 saturated heterocycles. The Kier molecular flexibility index (Phi) is 3.47. The molecule has 1 aromatic carbocycles. The highest BCUT2D eigenvalue weighted by Gasteiger charge is 2.16. The third-order valence-corrected chi connectivity index (χ3v) is 3.35. The van der Waals surface area contributed by atoms with Crippen LogP contribution in [0.5, 0.6) is 5.75 Å². The molecule has 18 heavy (non-hydrogen) atoms. The summed E-state index contributed by atoms with van der Waals surface area (Å²) < 4.78 is 5.06. The number of rotatable bonds is 4. The molecule has 0 radical (unpaired) electrons. The maximum Gasteiger partial charge on any atom is 0.347 e. The van der Waals surface area contributed by atoms with Gasteiger partial charge in [-0.2, -0.15) is 0 Å². The Morgan fingerprint density at radius 3 is 2.67 bits per heavy atom. The van der Waals surface area contributed by atoms with E-state index in [-0.39, 0.29) is 10.0 Å². The molecule has 1 aromatic heterocycles. The zero-order chi connectivity index (χ0) is 13.1. The lowest BCUT2D eigenvalue weighted by Crippen LogP contribution is -2.00. The first-order chi connectivity index (χ1) is 8.60. The highest BCUT2D eigenvalue weighted by Crippen LogP contribution is 2.23. The van der Waals surface area contributed by atoms with Crippen molar-refractivity contribution in [3.63, 3.8) is 0 Å². The fraction of sp³-hybridized carbons (Fsp3) is 0.167. The maximum atomic E-state index is 11.0. The van der Waals surface area contributed by atoms with E-state index < -0.39 is 5.97 Å². The van der Waals surface area contributed by atoms with Crippen molar-refractivity contribution in [2.75, 3.05) is 12.8 Å². The number of carbonyl (C=O) groups is 1. The van der Waals surface area contributed by atoms with Gasteiger partial charge in [-0.05, 0) is 17.7 Å². The normalized spacial score (nSPS) is 10.3. The van der Waals surface area contributed by atoms with Gasteiger partial charge in [-0.1, -0.05) is 23.5 Å². The van der Waals surface area contributed by atoms with Crippen LogP contribution in [0.25, 0.3) is 0 Å². The topological polar surface area (TPSA) is 85.4 Å². The van der Waals surface area contributed by atoms with Crippen LogP contribution >= 0.6 is 11.3 Å². The molecular weight excluding hydrogens is 252 g/mol. The fourth-order valence-electron chi connectivity index (χ4n) is 1.59. The Labute approximate surface area is 108 Å². The summed E-state index contributed by atoms with van der Waals surface area (Å²) in [6.45, 7) is 0. The van der Waals surface area contributed by atoms with Gasteiger partial charge in [-0.3, -0.25) is 0 Å². The molecule has 0 amide bonds. The number of ether oxygens (including phenoxy) is 1. The first-order valence-corrected chi connectivity index (χ1v) is 6.03. The molecule has 0 aliphatic carbocycles. The van der Waals surface area contributed by atoms with E-state index >= 15 is 0 Å². The van der Waals surface area contributed by atoms with Crippen molar-refractivity contribution < 1.29 is 14.6 Å². The van der Waals surface area contributed by atoms with Crippen molar-refractivity contribution in [2.24, 2.45) is 0 Å². The molecule has 0 fully saturated rings. The third kappa shape index (κ3) is 2.60. The van der Waals surface area contributed by atoms with E-state index in [9.17, 15) is 4.79 Å². The number of aromatic carboxylic acids is 1. The second kappa shape index (κ2) is 5.05. The second-order valence-corrected chi connectivity index (χ2v) is 4.69. The molecule has 0 aliphatic heterocycles. The van der Waals surface area contributed by atoms with Gasteiger partial charge in [-0.25, -0.2) is 9.78 Å². The number of methoxy groups -OCH3 is 1. The van der Waals surface area contributed by atoms with E-state index in [2.05, 4.69) is 4.98 Å². The predicted octanol–water partition coefficient (Wildman–Crippen LogP) is 2.02. The number of nitrogens with two attached hydrogens (primary N) is 1. The molecular formula is C12H12N2O3S. The number of nitrogen functional groups attached to an aromatic ring is 1. The first kappa shape index (κ1) is 12.4. The molecule has 94 valence electrons. The van der Waals surface area contributed by atoms with E-state index in [1.165, 1.54) is 0 Å². The average Bonchev–Trinajstić information content (AvgIpc) is 2.71. The molecule has 0 bridgehead atoms. The Morgan fingerprint density at radius 2 is 2.11 bits per heavy atom. The van der Waals surface area contributed by atoms with Gasteiger partial charge in [0.1, 0.15) is 10.6 Å². The Bertz CT molecular complexity index is 563. The van der Waals surface area contributed by atoms with Crippen molar-refractivity contribution >= 4 is 22.4 Å². The van der Waals surface area contributed by atoms with Gasteiger partial charge in [-0.15, -0.1) is 0 Å². The minimum Gasteiger partial charge on any atom is -0.497 e. The first-order valence-electron chi connectivity index (χ1n) is 5.21. The van der Waals surface area contributed by atoms with Crippen molar-refractivity contribution in [2.45, 2.75) is 6.42 Å². The lowest BCUT2D eigenvalue weighted by atomic mass is 10.1. The number of anilines is 1. The summed E-state index contributed by atoms with van der Waals surface area (Å²) in [6, 6.07) is 7.40. The summed E-state index contributed by atoms with van der Waals surface area (Å²) in [5.41, 5.74) is 7.00. The minimum absolute atomic E-state index is 0.198. The van der Waals surface area contributed by atoms with E-state index in [1.54, 1.807) is 7.11 Å². The number of carboxylic acid groups (broad SMARTS) is 1. The highest BCUT2D eigenvalue weighted by molar-refractivity contribution is 7.17. The molecule has 0 atom stereocenters. The van der Waals surface area contributed by atoms with Crippen molar-refractivity contribution in [1.82, 2.24) is 4.98 Å². The van der Waals surface area contributed by atoms with Crippen LogP contribution in [0.4, 0.5) is 5.13 Å². The zero-order valence-electron chi connectivity index (χ0n) is 9.71. The largest absolute Gasteiger partial charge is 0.497 e. The average molecular weight is 264 g/mol. The standard InChI is InChI=1S/C12H12N2O3S/c1-17-8-4-2-7(3-5-8)6-9-10(11(15)16)18-12(13)14-9/h2-5H,6H2,1H3,(H2,13,14)(H,15,16). The lowest BCUT2D eigenvalue weighted by Gasteiger charge is -2.02. The van der Waals surface area contributed by atoms with E-state index in [0.29, 0.717) is 12.1 Å². The summed E-state index contributed by atoms with van der Waals surface area (Å²) in [4.78, 5) is 15.3. The molecule has 3 N–H and O–H groups in total. The van der Waals surface area contributed by atoms with Crippen molar-refractivity contribution in [3.8, 4) is 5.75 Å². The quantitative estimate of drug-likeness (QED) is 0.882. The van der Waals surface area contributed by atoms with E-state index in [4.69, 9.17) is 15.6 Å². The van der Waals surface area contributed by atoms with Crippen LogP contribution in [0.15, 0.2) is 24.3 Å². The smallest absolute Gasteiger partial charge is 0.347 e. The van der Waals surface area contributed by atoms with Crippen molar-refractivity contribution in [3.05, 3.63) is 40.4 Å². The van der Waals surface area contributed by atoms with Crippen LogP contribution in [0.3, 0.4) is 0 Å². The van der Waals surface area contributed by atoms with Crippen LogP contribution in [0.1, 0.15) is 20.9 Å². The van der Waals surface area contributed by atoms with Crippen LogP contribution in [0, 0.1) is 0 Å². The van der Waals surface area contributed by atoms with Crippen LogP contribution in [-0.2, 0) is 6.42 Å². The van der Waals surface area contributed by atoms with Gasteiger partial charge < -0.3 is 15.6 Å². The minimum atomic E-state index is -0.993. The van der Waals surface area contributed by atoms with Crippen LogP contribution in [0.2, 0.25) is 0 Å². The number of hydrogen-bond acceptors (Lipinski definition) is 5. The van der Waals surface area contributed by atoms with Gasteiger partial charge in [0.2, 0.25) is 0 Å². The monoisotopic (exact) mass is 264 g/mol. The predicted molar refractivity (Wildman–Crippen MR) is 69.3 cm³/mol. The van der Waals surface area contributed by atoms with Gasteiger partial charge in [0.05, 0.1) is 12.8 Å². The third-order valence-electron chi connectivity index (χ3n) is 2.44. The van der Waals surface area contributed by atoms with Crippen LogP contribution in [-0.4, -0.2) is 23.2 Å². The molecule has 0 unspecified atom stereocenters. The van der Waals surface area contributed by atoms with Gasteiger partial charge >= 0.3 is 5.97 Å². The number of benzene rings is 1. The molecule has 0 aliphatic rings. The number of hydrogen-bond donors (Lipinski definition) is 2. The molecule has 1 heterocycles. The van der Waals surface area contributed by atoms with E-state index in [0.717, 1.165) is 22.6 Å². The molecule has 5 nitrogen and oxygen atoms in total. The summed E-state index contributed by atoms with van der Waals surface area (Å²) in [5.74, 6) is -0.234. The molecule has 6 heteroatoms. The van der Waals surface area contributed by atoms with Crippen molar-refractivity contribution in [1.29, 1.82) is 0 Å². The van der Waals surface area contributed by atoms with Gasteiger partial charge in [0.25, 0.3) is 0 Å². The fourth-order valence-corrected chi connectivity index (χ4v) is 2.28. The summed E-state index contributed by atoms with van der Waals surface area (Å²) in [5, 5.41) is 9.31. The summed E-state index contributed by atoms with van der Waals surface area (Å²) >= 11 is 0.992. The maximum absolute atomic E-state index is 11.0. The SMILES string of the molecule is COc1ccc(Cc2nc(N)sc2C(=O)O)cc1. The lowest BCUT2D eigenvalue weighted by molar-refractivity contribution is 0.0701. The zero-order valence-corrected chi connectivity index (χ0v) is 10.5.